The first-order valence-electron chi connectivity index (χ1n) is 9.13. The van der Waals surface area contributed by atoms with Crippen LogP contribution in [0.25, 0.3) is 22.4 Å². The first-order chi connectivity index (χ1) is 14.7. The summed E-state index contributed by atoms with van der Waals surface area (Å²) in [7, 11) is -2.33. The summed E-state index contributed by atoms with van der Waals surface area (Å²) in [6.45, 7) is 0. The number of primary sulfonamides is 1. The Morgan fingerprint density at radius 1 is 1.23 bits per heavy atom. The lowest BCUT2D eigenvalue weighted by Crippen LogP contribution is -2.18. The maximum atomic E-state index is 11.6. The van der Waals surface area contributed by atoms with Gasteiger partial charge in [-0.05, 0) is 42.3 Å². The maximum Gasteiger partial charge on any atom is 0.243 e. The number of hydroxylamine groups is 1. The lowest BCUT2D eigenvalue weighted by molar-refractivity contribution is -0.129. The zero-order chi connectivity index (χ0) is 22.6. The van der Waals surface area contributed by atoms with Crippen molar-refractivity contribution in [3.8, 4) is 28.1 Å². The Morgan fingerprint density at radius 2 is 1.90 bits per heavy atom. The standard InChI is InChI=1S/C20H20ClN3O6S/c1-29-16-10-7-13(11-15(16)21)20-19(12-5-8-14(9-6-12)31(22,27)28)17(30-24-20)3-2-4-18(25)23-26/h5-11,26H,2-4H2,1H3,(H,23,25)(H2,22,27,28). The van der Waals surface area contributed by atoms with Crippen molar-refractivity contribution in [1.82, 2.24) is 10.6 Å². The minimum atomic E-state index is -3.84. The number of hydrogen-bond donors (Lipinski definition) is 3. The minimum Gasteiger partial charge on any atom is -0.495 e. The molecule has 4 N–H and O–H groups in total. The third-order valence-electron chi connectivity index (χ3n) is 4.59. The van der Waals surface area contributed by atoms with Gasteiger partial charge in [-0.15, -0.1) is 0 Å². The molecule has 0 aliphatic carbocycles. The summed E-state index contributed by atoms with van der Waals surface area (Å²) in [4.78, 5) is 11.3. The van der Waals surface area contributed by atoms with Gasteiger partial charge in [0.25, 0.3) is 0 Å². The minimum absolute atomic E-state index is 0.0251. The van der Waals surface area contributed by atoms with Crippen molar-refractivity contribution in [2.24, 2.45) is 5.14 Å². The van der Waals surface area contributed by atoms with E-state index < -0.39 is 15.9 Å². The van der Waals surface area contributed by atoms with Crippen LogP contribution in [0.2, 0.25) is 5.02 Å². The number of carbonyl (C=O) groups is 1. The van der Waals surface area contributed by atoms with E-state index in [-0.39, 0.29) is 11.3 Å². The number of rotatable bonds is 8. The molecule has 31 heavy (non-hydrogen) atoms. The van der Waals surface area contributed by atoms with Crippen molar-refractivity contribution >= 4 is 27.5 Å². The number of aryl methyl sites for hydroxylation is 1. The van der Waals surface area contributed by atoms with Crippen LogP contribution in [0.15, 0.2) is 51.9 Å². The Bertz CT molecular complexity index is 1190. The first kappa shape index (κ1) is 22.8. The lowest BCUT2D eigenvalue weighted by Gasteiger charge is -2.08. The summed E-state index contributed by atoms with van der Waals surface area (Å²) in [6.07, 6.45) is 0.841. The van der Waals surface area contributed by atoms with Crippen LogP contribution in [0, 0.1) is 0 Å². The van der Waals surface area contributed by atoms with Crippen LogP contribution < -0.4 is 15.4 Å². The van der Waals surface area contributed by atoms with E-state index in [1.807, 2.05) is 0 Å². The molecule has 0 bridgehead atoms. The molecule has 0 saturated carbocycles. The molecular formula is C20H20ClN3O6S. The number of nitrogens with two attached hydrogens (primary N) is 1. The monoisotopic (exact) mass is 465 g/mol. The second kappa shape index (κ2) is 9.48. The average Bonchev–Trinajstić information content (AvgIpc) is 3.16. The van der Waals surface area contributed by atoms with E-state index in [1.165, 1.54) is 19.2 Å². The summed E-state index contributed by atoms with van der Waals surface area (Å²) >= 11 is 6.26. The van der Waals surface area contributed by atoms with E-state index in [2.05, 4.69) is 5.16 Å². The van der Waals surface area contributed by atoms with Crippen LogP contribution in [-0.4, -0.2) is 31.8 Å². The Hall–Kier alpha value is -2.92. The van der Waals surface area contributed by atoms with E-state index in [0.29, 0.717) is 51.8 Å². The highest BCUT2D eigenvalue weighted by Crippen LogP contribution is 2.38. The predicted molar refractivity (Wildman–Crippen MR) is 113 cm³/mol. The molecule has 0 unspecified atom stereocenters. The van der Waals surface area contributed by atoms with E-state index in [4.69, 9.17) is 31.2 Å². The molecule has 11 heteroatoms. The summed E-state index contributed by atoms with van der Waals surface area (Å²) in [5.41, 5.74) is 4.03. The molecule has 2 aromatic carbocycles. The SMILES string of the molecule is COc1ccc(-c2noc(CCCC(=O)NO)c2-c2ccc(S(N)(=O)=O)cc2)cc1Cl. The number of sulfonamides is 1. The van der Waals surface area contributed by atoms with Crippen molar-refractivity contribution in [3.63, 3.8) is 0 Å². The van der Waals surface area contributed by atoms with Crippen LogP contribution in [0.4, 0.5) is 0 Å². The summed E-state index contributed by atoms with van der Waals surface area (Å²) < 4.78 is 33.9. The van der Waals surface area contributed by atoms with Gasteiger partial charge in [-0.1, -0.05) is 28.9 Å². The Balaban J connectivity index is 2.05. The topological polar surface area (TPSA) is 145 Å². The van der Waals surface area contributed by atoms with Gasteiger partial charge < -0.3 is 9.26 Å². The van der Waals surface area contributed by atoms with E-state index in [9.17, 15) is 13.2 Å². The molecule has 1 heterocycles. The average molecular weight is 466 g/mol. The van der Waals surface area contributed by atoms with Gasteiger partial charge in [0.15, 0.2) is 0 Å². The predicted octanol–water partition coefficient (Wildman–Crippen LogP) is 3.15. The number of nitrogens with zero attached hydrogens (tertiary/aromatic N) is 1. The van der Waals surface area contributed by atoms with Crippen molar-refractivity contribution in [3.05, 3.63) is 53.2 Å². The third-order valence-corrected chi connectivity index (χ3v) is 5.82. The van der Waals surface area contributed by atoms with Gasteiger partial charge in [-0.2, -0.15) is 0 Å². The van der Waals surface area contributed by atoms with Gasteiger partial charge in [-0.25, -0.2) is 19.0 Å². The lowest BCUT2D eigenvalue weighted by atomic mass is 9.97. The fourth-order valence-corrected chi connectivity index (χ4v) is 3.85. The molecule has 0 aliphatic heterocycles. The maximum absolute atomic E-state index is 11.6. The van der Waals surface area contributed by atoms with E-state index in [1.54, 1.807) is 35.8 Å². The number of nitrogens with one attached hydrogen (secondary N) is 1. The van der Waals surface area contributed by atoms with Crippen LogP contribution in [-0.2, 0) is 21.2 Å². The fraction of sp³-hybridized carbons (Fsp3) is 0.200. The molecule has 164 valence electrons. The van der Waals surface area contributed by atoms with Gasteiger partial charge in [0, 0.05) is 18.4 Å². The van der Waals surface area contributed by atoms with Crippen LogP contribution >= 0.6 is 11.6 Å². The molecule has 1 aromatic heterocycles. The van der Waals surface area contributed by atoms with Crippen LogP contribution in [0.1, 0.15) is 18.6 Å². The van der Waals surface area contributed by atoms with Crippen molar-refractivity contribution in [1.29, 1.82) is 0 Å². The molecule has 3 rings (SSSR count). The van der Waals surface area contributed by atoms with Gasteiger partial charge in [0.05, 0.1) is 22.6 Å². The Morgan fingerprint density at radius 3 is 2.48 bits per heavy atom. The van der Waals surface area contributed by atoms with Gasteiger partial charge in [0.1, 0.15) is 17.2 Å². The zero-order valence-corrected chi connectivity index (χ0v) is 18.0. The summed E-state index contributed by atoms with van der Waals surface area (Å²) in [5.74, 6) is 0.486. The number of carbonyl (C=O) groups excluding carboxylic acids is 1. The quantitative estimate of drug-likeness (QED) is 0.342. The second-order valence-electron chi connectivity index (χ2n) is 6.64. The van der Waals surface area contributed by atoms with Gasteiger partial charge in [0.2, 0.25) is 15.9 Å². The number of aromatic nitrogens is 1. The molecule has 0 fully saturated rings. The van der Waals surface area contributed by atoms with Crippen molar-refractivity contribution in [2.75, 3.05) is 7.11 Å². The largest absolute Gasteiger partial charge is 0.495 e. The fourth-order valence-electron chi connectivity index (χ4n) is 3.08. The molecule has 3 aromatic rings. The molecule has 0 aliphatic rings. The van der Waals surface area contributed by atoms with Gasteiger partial charge >= 0.3 is 0 Å². The second-order valence-corrected chi connectivity index (χ2v) is 8.61. The normalized spacial score (nSPS) is 11.4. The summed E-state index contributed by atoms with van der Waals surface area (Å²) in [6, 6.07) is 11.1. The number of ether oxygens (including phenoxy) is 1. The highest BCUT2D eigenvalue weighted by molar-refractivity contribution is 7.89. The third kappa shape index (κ3) is 5.23. The molecular weight excluding hydrogens is 446 g/mol. The first-order valence-corrected chi connectivity index (χ1v) is 11.1. The zero-order valence-electron chi connectivity index (χ0n) is 16.5. The van der Waals surface area contributed by atoms with Crippen LogP contribution in [0.5, 0.6) is 5.75 Å². The van der Waals surface area contributed by atoms with Gasteiger partial charge in [-0.3, -0.25) is 10.0 Å². The van der Waals surface area contributed by atoms with Crippen molar-refractivity contribution in [2.45, 2.75) is 24.2 Å². The molecule has 0 spiro atoms. The highest BCUT2D eigenvalue weighted by Gasteiger charge is 2.21. The Labute approximate surface area is 183 Å². The number of methoxy groups -OCH3 is 1. The molecule has 9 nitrogen and oxygen atoms in total. The number of halogens is 1. The van der Waals surface area contributed by atoms with E-state index in [0.717, 1.165) is 0 Å². The number of amides is 1. The Kier molecular flexibility index (Phi) is 6.96. The van der Waals surface area contributed by atoms with E-state index >= 15 is 0 Å². The van der Waals surface area contributed by atoms with Crippen LogP contribution in [0.3, 0.4) is 0 Å². The molecule has 0 atom stereocenters. The summed E-state index contributed by atoms with van der Waals surface area (Å²) in [5, 5.41) is 18.4. The molecule has 1 amide bonds. The smallest absolute Gasteiger partial charge is 0.243 e. The molecule has 0 saturated heterocycles. The molecule has 0 radical (unpaired) electrons. The number of benzene rings is 2. The number of hydrogen-bond acceptors (Lipinski definition) is 7. The van der Waals surface area contributed by atoms with Crippen molar-refractivity contribution < 1.29 is 27.7 Å². The highest BCUT2D eigenvalue weighted by atomic mass is 35.5.